The highest BCUT2D eigenvalue weighted by molar-refractivity contribution is 5.99. The summed E-state index contributed by atoms with van der Waals surface area (Å²) in [6, 6.07) is 15.1. The first-order valence-electron chi connectivity index (χ1n) is 9.53. The van der Waals surface area contributed by atoms with Gasteiger partial charge in [-0.1, -0.05) is 102 Å². The van der Waals surface area contributed by atoms with E-state index in [4.69, 9.17) is 0 Å². The van der Waals surface area contributed by atoms with Crippen molar-refractivity contribution in [3.63, 3.8) is 0 Å². The van der Waals surface area contributed by atoms with Crippen molar-refractivity contribution >= 4 is 16.3 Å². The Labute approximate surface area is 153 Å². The predicted octanol–water partition coefficient (Wildman–Crippen LogP) is 7.59. The van der Waals surface area contributed by atoms with Crippen molar-refractivity contribution in [3.05, 3.63) is 90.6 Å². The third-order valence-electron chi connectivity index (χ3n) is 4.73. The first-order valence-corrected chi connectivity index (χ1v) is 9.53. The fraction of sp³-hybridized carbons (Fsp3) is 0.280. The average molecular weight is 331 g/mol. The zero-order valence-electron chi connectivity index (χ0n) is 16.0. The van der Waals surface area contributed by atoms with Crippen LogP contribution in [0.4, 0.5) is 0 Å². The molecule has 2 aromatic rings. The number of fused-ring (bicyclic) bond motifs is 2. The van der Waals surface area contributed by atoms with E-state index < -0.39 is 0 Å². The molecule has 0 spiro atoms. The number of hydrogen-bond donors (Lipinski definition) is 0. The van der Waals surface area contributed by atoms with Crippen molar-refractivity contribution in [2.45, 2.75) is 34.1 Å². The Kier molecular flexibility index (Phi) is 6.58. The van der Waals surface area contributed by atoms with Gasteiger partial charge in [0.05, 0.1) is 0 Å². The van der Waals surface area contributed by atoms with Crippen molar-refractivity contribution in [1.82, 2.24) is 0 Å². The van der Waals surface area contributed by atoms with Crippen LogP contribution in [-0.4, -0.2) is 0 Å². The molecule has 25 heavy (non-hydrogen) atoms. The van der Waals surface area contributed by atoms with Gasteiger partial charge in [-0.15, -0.1) is 0 Å². The molecule has 130 valence electrons. The highest BCUT2D eigenvalue weighted by Crippen LogP contribution is 2.53. The number of rotatable bonds is 3. The minimum absolute atomic E-state index is 0.675. The van der Waals surface area contributed by atoms with E-state index in [-0.39, 0.29) is 0 Å². The van der Waals surface area contributed by atoms with Gasteiger partial charge in [0.1, 0.15) is 0 Å². The second-order valence-electron chi connectivity index (χ2n) is 5.89. The van der Waals surface area contributed by atoms with Crippen LogP contribution in [0.1, 0.15) is 39.7 Å². The van der Waals surface area contributed by atoms with Gasteiger partial charge in [-0.3, -0.25) is 0 Å². The molecule has 0 aliphatic heterocycles. The standard InChI is InChI=1S/C21H18.2C2H6/c1-3-16-17(4-2)21(13-15-12-20(15)16)19-11-7-9-14-8-5-6-10-18(14)19;2*1-2/h3-11,13,15,20H,1-2,12H2;2*1-2H3. The van der Waals surface area contributed by atoms with Crippen LogP contribution in [0, 0.1) is 11.8 Å². The van der Waals surface area contributed by atoms with Crippen LogP contribution in [0.3, 0.4) is 0 Å². The fourth-order valence-corrected chi connectivity index (χ4v) is 3.60. The summed E-state index contributed by atoms with van der Waals surface area (Å²) in [5, 5.41) is 2.60. The van der Waals surface area contributed by atoms with Crippen LogP contribution in [0.2, 0.25) is 0 Å². The maximum absolute atomic E-state index is 4.04. The Hall–Kier alpha value is -2.34. The molecule has 2 aliphatic rings. The van der Waals surface area contributed by atoms with Crippen molar-refractivity contribution in [2.75, 3.05) is 0 Å². The summed E-state index contributed by atoms with van der Waals surface area (Å²) in [4.78, 5) is 0. The van der Waals surface area contributed by atoms with Crippen LogP contribution in [0.25, 0.3) is 16.3 Å². The van der Waals surface area contributed by atoms with Crippen LogP contribution >= 0.6 is 0 Å². The summed E-state index contributed by atoms with van der Waals surface area (Å²) in [5.74, 6) is 1.37. The molecule has 2 unspecified atom stereocenters. The number of hydrogen-bond acceptors (Lipinski definition) is 0. The summed E-state index contributed by atoms with van der Waals surface area (Å²) in [6.07, 6.45) is 7.72. The van der Waals surface area contributed by atoms with Crippen molar-refractivity contribution in [3.8, 4) is 0 Å². The second-order valence-corrected chi connectivity index (χ2v) is 5.89. The molecule has 0 saturated heterocycles. The van der Waals surface area contributed by atoms with Crippen molar-refractivity contribution in [2.24, 2.45) is 11.8 Å². The molecule has 4 rings (SSSR count). The van der Waals surface area contributed by atoms with E-state index in [1.54, 1.807) is 0 Å². The lowest BCUT2D eigenvalue weighted by Crippen LogP contribution is -2.01. The van der Waals surface area contributed by atoms with Crippen molar-refractivity contribution in [1.29, 1.82) is 0 Å². The molecule has 2 aliphatic carbocycles. The summed E-state index contributed by atoms with van der Waals surface area (Å²) in [6.45, 7) is 16.1. The largest absolute Gasteiger partial charge is 0.0988 e. The molecule has 0 nitrogen and oxygen atoms in total. The Morgan fingerprint density at radius 2 is 1.56 bits per heavy atom. The van der Waals surface area contributed by atoms with Crippen LogP contribution in [0.5, 0.6) is 0 Å². The number of benzene rings is 2. The van der Waals surface area contributed by atoms with E-state index in [2.05, 4.69) is 61.7 Å². The molecular weight excluding hydrogens is 300 g/mol. The second kappa shape index (κ2) is 8.67. The topological polar surface area (TPSA) is 0 Å². The Morgan fingerprint density at radius 1 is 0.880 bits per heavy atom. The van der Waals surface area contributed by atoms with Gasteiger partial charge in [-0.25, -0.2) is 0 Å². The Morgan fingerprint density at radius 3 is 2.24 bits per heavy atom. The molecule has 0 amide bonds. The normalized spacial score (nSPS) is 20.2. The highest BCUT2D eigenvalue weighted by Gasteiger charge is 2.41. The van der Waals surface area contributed by atoms with Gasteiger partial charge < -0.3 is 0 Å². The molecule has 0 N–H and O–H groups in total. The molecule has 0 radical (unpaired) electrons. The summed E-state index contributed by atoms with van der Waals surface area (Å²) in [5.41, 5.74) is 5.28. The first kappa shape index (κ1) is 19.0. The Bertz CT molecular complexity index is 812. The monoisotopic (exact) mass is 330 g/mol. The average Bonchev–Trinajstić information content (AvgIpc) is 3.48. The SMILES string of the molecule is C=CC1=C(C=C)C2CC2C=C1c1cccc2ccccc12.CC.CC. The summed E-state index contributed by atoms with van der Waals surface area (Å²) >= 11 is 0. The minimum Gasteiger partial charge on any atom is -0.0988 e. The zero-order valence-corrected chi connectivity index (χ0v) is 16.0. The van der Waals surface area contributed by atoms with Crippen LogP contribution < -0.4 is 0 Å². The Balaban J connectivity index is 0.000000528. The van der Waals surface area contributed by atoms with E-state index >= 15 is 0 Å². The lowest BCUT2D eigenvalue weighted by Gasteiger charge is -2.19. The van der Waals surface area contributed by atoms with Crippen molar-refractivity contribution < 1.29 is 0 Å². The quantitative estimate of drug-likeness (QED) is 0.543. The lowest BCUT2D eigenvalue weighted by molar-refractivity contribution is 0.932. The molecule has 0 bridgehead atoms. The maximum atomic E-state index is 4.04. The van der Waals surface area contributed by atoms with Gasteiger partial charge >= 0.3 is 0 Å². The number of allylic oxidation sites excluding steroid dienone is 6. The third kappa shape index (κ3) is 3.54. The van der Waals surface area contributed by atoms with Gasteiger partial charge in [0.25, 0.3) is 0 Å². The molecule has 1 saturated carbocycles. The molecular formula is C25H30. The fourth-order valence-electron chi connectivity index (χ4n) is 3.60. The van der Waals surface area contributed by atoms with Crippen LogP contribution in [-0.2, 0) is 0 Å². The van der Waals surface area contributed by atoms with E-state index in [0.717, 1.165) is 0 Å². The van der Waals surface area contributed by atoms with Crippen LogP contribution in [0.15, 0.2) is 85.0 Å². The summed E-state index contributed by atoms with van der Waals surface area (Å²) < 4.78 is 0. The van der Waals surface area contributed by atoms with E-state index in [9.17, 15) is 0 Å². The molecule has 0 heteroatoms. The van der Waals surface area contributed by atoms with Gasteiger partial charge in [0.2, 0.25) is 0 Å². The molecule has 0 heterocycles. The molecule has 1 fully saturated rings. The smallest absolute Gasteiger partial charge is 0.00867 e. The van der Waals surface area contributed by atoms with E-state index in [1.807, 2.05) is 39.8 Å². The predicted molar refractivity (Wildman–Crippen MR) is 114 cm³/mol. The molecule has 2 aromatic carbocycles. The van der Waals surface area contributed by atoms with E-state index in [0.29, 0.717) is 11.8 Å². The minimum atomic E-state index is 0.675. The summed E-state index contributed by atoms with van der Waals surface area (Å²) in [7, 11) is 0. The van der Waals surface area contributed by atoms with E-state index in [1.165, 1.54) is 39.5 Å². The van der Waals surface area contributed by atoms with Gasteiger partial charge in [0, 0.05) is 0 Å². The van der Waals surface area contributed by atoms with Gasteiger partial charge in [-0.2, -0.15) is 0 Å². The molecule has 0 aromatic heterocycles. The zero-order chi connectivity index (χ0) is 18.4. The lowest BCUT2D eigenvalue weighted by atomic mass is 9.85. The maximum Gasteiger partial charge on any atom is -0.00867 e. The third-order valence-corrected chi connectivity index (χ3v) is 4.73. The van der Waals surface area contributed by atoms with Gasteiger partial charge in [0.15, 0.2) is 0 Å². The molecule has 2 atom stereocenters. The highest BCUT2D eigenvalue weighted by atomic mass is 14.5. The van der Waals surface area contributed by atoms with Gasteiger partial charge in [-0.05, 0) is 51.3 Å². The first-order chi connectivity index (χ1) is 12.3.